The highest BCUT2D eigenvalue weighted by Gasteiger charge is 2.17. The SMILES string of the molecule is Clc1c(-c2nnc(NC3=NCCN3)s2)sc2ccccc12. The molecule has 1 aromatic carbocycles. The van der Waals surface area contributed by atoms with E-state index in [2.05, 4.69) is 31.9 Å². The Morgan fingerprint density at radius 2 is 2.10 bits per heavy atom. The zero-order chi connectivity index (χ0) is 14.2. The number of halogens is 1. The Hall–Kier alpha value is -1.70. The molecule has 2 aromatic heterocycles. The van der Waals surface area contributed by atoms with Crippen LogP contribution in [-0.2, 0) is 0 Å². The van der Waals surface area contributed by atoms with E-state index in [-0.39, 0.29) is 0 Å². The van der Waals surface area contributed by atoms with Gasteiger partial charge < -0.3 is 10.6 Å². The highest BCUT2D eigenvalue weighted by molar-refractivity contribution is 7.27. The molecule has 0 saturated heterocycles. The average Bonchev–Trinajstić information content (AvgIpc) is 3.21. The molecule has 0 unspecified atom stereocenters. The molecule has 2 N–H and O–H groups in total. The summed E-state index contributed by atoms with van der Waals surface area (Å²) in [5, 5.41) is 18.0. The smallest absolute Gasteiger partial charge is 0.212 e. The van der Waals surface area contributed by atoms with Gasteiger partial charge in [0.2, 0.25) is 5.13 Å². The number of rotatable bonds is 2. The lowest BCUT2D eigenvalue weighted by molar-refractivity contribution is 0.958. The van der Waals surface area contributed by atoms with Crippen LogP contribution in [0.5, 0.6) is 0 Å². The monoisotopic (exact) mass is 335 g/mol. The van der Waals surface area contributed by atoms with Gasteiger partial charge in [0.1, 0.15) is 0 Å². The normalized spacial score (nSPS) is 14.2. The molecule has 21 heavy (non-hydrogen) atoms. The Bertz CT molecular complexity index is 838. The minimum absolute atomic E-state index is 0.715. The first kappa shape index (κ1) is 13.0. The topological polar surface area (TPSA) is 62.2 Å². The number of hydrogen-bond acceptors (Lipinski definition) is 7. The number of aliphatic imine (C=N–C) groups is 1. The fourth-order valence-electron chi connectivity index (χ4n) is 2.10. The summed E-state index contributed by atoms with van der Waals surface area (Å²) in [6.07, 6.45) is 0. The molecule has 8 heteroatoms. The molecule has 0 radical (unpaired) electrons. The number of guanidine groups is 1. The van der Waals surface area contributed by atoms with Crippen LogP contribution in [0.3, 0.4) is 0 Å². The van der Waals surface area contributed by atoms with Gasteiger partial charge in [0.15, 0.2) is 11.0 Å². The van der Waals surface area contributed by atoms with Crippen molar-refractivity contribution in [3.63, 3.8) is 0 Å². The molecule has 0 fully saturated rings. The molecular weight excluding hydrogens is 326 g/mol. The number of thiophene rings is 1. The first-order valence-corrected chi connectivity index (χ1v) is 8.38. The van der Waals surface area contributed by atoms with Crippen molar-refractivity contribution < 1.29 is 0 Å². The molecular formula is C13H10ClN5S2. The number of fused-ring (bicyclic) bond motifs is 1. The zero-order valence-electron chi connectivity index (χ0n) is 10.8. The quantitative estimate of drug-likeness (QED) is 0.753. The van der Waals surface area contributed by atoms with Crippen LogP contribution in [0.1, 0.15) is 0 Å². The lowest BCUT2D eigenvalue weighted by Gasteiger charge is -1.99. The van der Waals surface area contributed by atoms with Crippen LogP contribution < -0.4 is 10.6 Å². The van der Waals surface area contributed by atoms with Crippen molar-refractivity contribution in [3.8, 4) is 9.88 Å². The fourth-order valence-corrected chi connectivity index (χ4v) is 4.50. The zero-order valence-corrected chi connectivity index (χ0v) is 13.1. The number of benzene rings is 1. The molecule has 0 spiro atoms. The van der Waals surface area contributed by atoms with Gasteiger partial charge in [0.05, 0.1) is 16.4 Å². The second-order valence-corrected chi connectivity index (χ2v) is 6.84. The van der Waals surface area contributed by atoms with Crippen LogP contribution in [-0.4, -0.2) is 29.2 Å². The molecule has 1 aliphatic heterocycles. The van der Waals surface area contributed by atoms with Crippen LogP contribution in [0, 0.1) is 0 Å². The van der Waals surface area contributed by atoms with Crippen LogP contribution in [0.15, 0.2) is 29.3 Å². The van der Waals surface area contributed by atoms with E-state index in [1.54, 1.807) is 11.3 Å². The van der Waals surface area contributed by atoms with Crippen molar-refractivity contribution in [3.05, 3.63) is 29.3 Å². The number of aromatic nitrogens is 2. The minimum atomic E-state index is 0.715. The summed E-state index contributed by atoms with van der Waals surface area (Å²) in [6, 6.07) is 8.08. The largest absolute Gasteiger partial charge is 0.354 e. The molecule has 3 aromatic rings. The lowest BCUT2D eigenvalue weighted by Crippen LogP contribution is -2.26. The van der Waals surface area contributed by atoms with Gasteiger partial charge in [-0.2, -0.15) is 0 Å². The summed E-state index contributed by atoms with van der Waals surface area (Å²) in [5.41, 5.74) is 0. The fraction of sp³-hybridized carbons (Fsp3) is 0.154. The van der Waals surface area contributed by atoms with Crippen LogP contribution in [0.4, 0.5) is 5.13 Å². The summed E-state index contributed by atoms with van der Waals surface area (Å²) >= 11 is 9.57. The second kappa shape index (κ2) is 5.25. The van der Waals surface area contributed by atoms with Crippen LogP contribution in [0.25, 0.3) is 20.0 Å². The highest BCUT2D eigenvalue weighted by atomic mass is 35.5. The van der Waals surface area contributed by atoms with Crippen LogP contribution >= 0.6 is 34.3 Å². The van der Waals surface area contributed by atoms with Crippen molar-refractivity contribution in [2.45, 2.75) is 0 Å². The van der Waals surface area contributed by atoms with E-state index in [0.717, 1.165) is 44.0 Å². The van der Waals surface area contributed by atoms with Gasteiger partial charge in [-0.1, -0.05) is 41.1 Å². The summed E-state index contributed by atoms with van der Waals surface area (Å²) in [6.45, 7) is 1.65. The second-order valence-electron chi connectivity index (χ2n) is 4.44. The molecule has 5 nitrogen and oxygen atoms in total. The highest BCUT2D eigenvalue weighted by Crippen LogP contribution is 2.43. The molecule has 3 heterocycles. The summed E-state index contributed by atoms with van der Waals surface area (Å²) in [7, 11) is 0. The van der Waals surface area contributed by atoms with E-state index in [4.69, 9.17) is 11.6 Å². The van der Waals surface area contributed by atoms with E-state index in [1.807, 2.05) is 18.2 Å². The minimum Gasteiger partial charge on any atom is -0.354 e. The van der Waals surface area contributed by atoms with E-state index in [1.165, 1.54) is 11.3 Å². The van der Waals surface area contributed by atoms with Gasteiger partial charge in [0, 0.05) is 16.6 Å². The van der Waals surface area contributed by atoms with Gasteiger partial charge in [-0.15, -0.1) is 21.5 Å². The van der Waals surface area contributed by atoms with Crippen molar-refractivity contribution in [1.29, 1.82) is 0 Å². The number of anilines is 1. The number of nitrogens with zero attached hydrogens (tertiary/aromatic N) is 3. The van der Waals surface area contributed by atoms with E-state index < -0.39 is 0 Å². The Morgan fingerprint density at radius 3 is 2.90 bits per heavy atom. The van der Waals surface area contributed by atoms with Gasteiger partial charge >= 0.3 is 0 Å². The molecule has 4 rings (SSSR count). The third-order valence-corrected chi connectivity index (χ3v) is 5.72. The maximum Gasteiger partial charge on any atom is 0.212 e. The molecule has 106 valence electrons. The van der Waals surface area contributed by atoms with Crippen molar-refractivity contribution in [1.82, 2.24) is 15.5 Å². The molecule has 0 saturated carbocycles. The van der Waals surface area contributed by atoms with E-state index >= 15 is 0 Å². The maximum atomic E-state index is 6.46. The predicted molar refractivity (Wildman–Crippen MR) is 89.7 cm³/mol. The van der Waals surface area contributed by atoms with E-state index in [0.29, 0.717) is 5.13 Å². The first-order chi connectivity index (χ1) is 10.3. The lowest BCUT2D eigenvalue weighted by atomic mass is 10.2. The Kier molecular flexibility index (Phi) is 3.25. The molecule has 0 aliphatic carbocycles. The van der Waals surface area contributed by atoms with Crippen molar-refractivity contribution in [2.24, 2.45) is 4.99 Å². The Balaban J connectivity index is 1.69. The van der Waals surface area contributed by atoms with Crippen LogP contribution in [0.2, 0.25) is 5.02 Å². The van der Waals surface area contributed by atoms with Gasteiger partial charge in [-0.25, -0.2) is 0 Å². The molecule has 0 atom stereocenters. The third kappa shape index (κ3) is 2.37. The molecule has 0 amide bonds. The number of nitrogens with one attached hydrogen (secondary N) is 2. The van der Waals surface area contributed by atoms with Crippen molar-refractivity contribution in [2.75, 3.05) is 18.4 Å². The van der Waals surface area contributed by atoms with Crippen molar-refractivity contribution >= 4 is 55.5 Å². The molecule has 1 aliphatic rings. The Morgan fingerprint density at radius 1 is 1.19 bits per heavy atom. The maximum absolute atomic E-state index is 6.46. The van der Waals surface area contributed by atoms with Gasteiger partial charge in [0.25, 0.3) is 0 Å². The third-order valence-electron chi connectivity index (χ3n) is 3.05. The van der Waals surface area contributed by atoms with E-state index in [9.17, 15) is 0 Å². The molecule has 0 bridgehead atoms. The Labute approximate surface area is 133 Å². The first-order valence-electron chi connectivity index (χ1n) is 6.37. The van der Waals surface area contributed by atoms with Gasteiger partial charge in [-0.3, -0.25) is 4.99 Å². The summed E-state index contributed by atoms with van der Waals surface area (Å²) in [5.74, 6) is 0.750. The predicted octanol–water partition coefficient (Wildman–Crippen LogP) is 3.44. The average molecular weight is 336 g/mol. The number of hydrogen-bond donors (Lipinski definition) is 2. The summed E-state index contributed by atoms with van der Waals surface area (Å²) < 4.78 is 1.16. The standard InChI is InChI=1S/C13H10ClN5S2/c14-9-7-3-1-2-4-8(7)20-10(9)11-18-19-13(21-11)17-12-15-5-6-16-12/h1-4H,5-6H2,(H2,15,16,17,19). The van der Waals surface area contributed by atoms with Gasteiger partial charge in [-0.05, 0) is 6.07 Å². The summed E-state index contributed by atoms with van der Waals surface area (Å²) in [4.78, 5) is 5.24.